The molecule has 0 aromatic heterocycles. The first-order chi connectivity index (χ1) is 9.24. The van der Waals surface area contributed by atoms with Crippen LogP contribution in [0.5, 0.6) is 0 Å². The summed E-state index contributed by atoms with van der Waals surface area (Å²) in [5.74, 6) is 0.138. The molecule has 0 fully saturated rings. The number of guanidine groups is 1. The fourth-order valence-corrected chi connectivity index (χ4v) is 1.71. The van der Waals surface area contributed by atoms with Crippen LogP contribution in [-0.2, 0) is 6.42 Å². The van der Waals surface area contributed by atoms with E-state index in [0.717, 1.165) is 11.3 Å². The molecule has 98 valence electrons. The molecule has 19 heavy (non-hydrogen) atoms. The van der Waals surface area contributed by atoms with E-state index < -0.39 is 0 Å². The molecule has 0 saturated carbocycles. The van der Waals surface area contributed by atoms with Gasteiger partial charge in [0.15, 0.2) is 5.96 Å². The molecular formula is C15H16FN3. The number of nitrogens with one attached hydrogen (secondary N) is 1. The van der Waals surface area contributed by atoms with Gasteiger partial charge in [0.1, 0.15) is 5.82 Å². The summed E-state index contributed by atoms with van der Waals surface area (Å²) in [6, 6.07) is 16.1. The average molecular weight is 257 g/mol. The lowest BCUT2D eigenvalue weighted by atomic mass is 10.1. The zero-order chi connectivity index (χ0) is 13.5. The molecule has 0 radical (unpaired) electrons. The maximum atomic E-state index is 13.0. The van der Waals surface area contributed by atoms with Crippen LogP contribution in [0.1, 0.15) is 5.56 Å². The quantitative estimate of drug-likeness (QED) is 0.653. The average Bonchev–Trinajstić information content (AvgIpc) is 2.40. The van der Waals surface area contributed by atoms with Crippen LogP contribution in [0.25, 0.3) is 0 Å². The van der Waals surface area contributed by atoms with Crippen molar-refractivity contribution < 1.29 is 4.39 Å². The SMILES string of the molecule is NC(=NCCc1cccc(F)c1)Nc1ccccc1. The van der Waals surface area contributed by atoms with Gasteiger partial charge >= 0.3 is 0 Å². The predicted molar refractivity (Wildman–Crippen MR) is 76.7 cm³/mol. The van der Waals surface area contributed by atoms with E-state index in [1.165, 1.54) is 12.1 Å². The molecule has 3 nitrogen and oxygen atoms in total. The molecule has 0 bridgehead atoms. The highest BCUT2D eigenvalue weighted by Crippen LogP contribution is 2.05. The number of hydrogen-bond acceptors (Lipinski definition) is 1. The summed E-state index contributed by atoms with van der Waals surface area (Å²) in [5.41, 5.74) is 7.58. The Hall–Kier alpha value is -2.36. The summed E-state index contributed by atoms with van der Waals surface area (Å²) >= 11 is 0. The summed E-state index contributed by atoms with van der Waals surface area (Å²) in [7, 11) is 0. The fraction of sp³-hybridized carbons (Fsp3) is 0.133. The minimum atomic E-state index is -0.225. The molecule has 0 unspecified atom stereocenters. The van der Waals surface area contributed by atoms with Crippen LogP contribution in [0.2, 0.25) is 0 Å². The molecule has 4 heteroatoms. The normalized spacial score (nSPS) is 11.3. The van der Waals surface area contributed by atoms with Gasteiger partial charge in [-0.25, -0.2) is 4.39 Å². The number of nitrogens with zero attached hydrogens (tertiary/aromatic N) is 1. The molecule has 0 saturated heterocycles. The van der Waals surface area contributed by atoms with E-state index in [2.05, 4.69) is 10.3 Å². The topological polar surface area (TPSA) is 50.4 Å². The summed E-state index contributed by atoms with van der Waals surface area (Å²) in [6.07, 6.45) is 0.662. The second kappa shape index (κ2) is 6.54. The Morgan fingerprint density at radius 1 is 1.11 bits per heavy atom. The summed E-state index contributed by atoms with van der Waals surface area (Å²) in [4.78, 5) is 4.21. The highest BCUT2D eigenvalue weighted by Gasteiger charge is 1.96. The largest absolute Gasteiger partial charge is 0.370 e. The highest BCUT2D eigenvalue weighted by atomic mass is 19.1. The molecule has 0 aliphatic carbocycles. The van der Waals surface area contributed by atoms with E-state index >= 15 is 0 Å². The van der Waals surface area contributed by atoms with Gasteiger partial charge in [-0.15, -0.1) is 0 Å². The maximum Gasteiger partial charge on any atom is 0.193 e. The van der Waals surface area contributed by atoms with Crippen LogP contribution in [-0.4, -0.2) is 12.5 Å². The van der Waals surface area contributed by atoms with Crippen LogP contribution in [0.4, 0.5) is 10.1 Å². The predicted octanol–water partition coefficient (Wildman–Crippen LogP) is 2.80. The number of anilines is 1. The first-order valence-corrected chi connectivity index (χ1v) is 6.10. The third-order valence-electron chi connectivity index (χ3n) is 2.62. The van der Waals surface area contributed by atoms with Crippen LogP contribution < -0.4 is 11.1 Å². The third-order valence-corrected chi connectivity index (χ3v) is 2.62. The van der Waals surface area contributed by atoms with Gasteiger partial charge in [0.25, 0.3) is 0 Å². The Morgan fingerprint density at radius 2 is 1.89 bits per heavy atom. The molecule has 0 aliphatic rings. The lowest BCUT2D eigenvalue weighted by molar-refractivity contribution is 0.625. The lowest BCUT2D eigenvalue weighted by Gasteiger charge is -2.05. The minimum absolute atomic E-state index is 0.225. The standard InChI is InChI=1S/C15H16FN3/c16-13-6-4-5-12(11-13)9-10-18-15(17)19-14-7-2-1-3-8-14/h1-8,11H,9-10H2,(H3,17,18,19). The van der Waals surface area contributed by atoms with Crippen molar-refractivity contribution in [1.29, 1.82) is 0 Å². The number of benzene rings is 2. The van der Waals surface area contributed by atoms with Gasteiger partial charge in [-0.2, -0.15) is 0 Å². The van der Waals surface area contributed by atoms with Gasteiger partial charge in [0.05, 0.1) is 0 Å². The lowest BCUT2D eigenvalue weighted by Crippen LogP contribution is -2.23. The molecule has 0 atom stereocenters. The first-order valence-electron chi connectivity index (χ1n) is 6.10. The molecule has 0 spiro atoms. The van der Waals surface area contributed by atoms with E-state index in [-0.39, 0.29) is 5.82 Å². The minimum Gasteiger partial charge on any atom is -0.370 e. The van der Waals surface area contributed by atoms with Crippen molar-refractivity contribution in [1.82, 2.24) is 0 Å². The van der Waals surface area contributed by atoms with E-state index in [0.29, 0.717) is 18.9 Å². The van der Waals surface area contributed by atoms with Gasteiger partial charge in [0, 0.05) is 12.2 Å². The smallest absolute Gasteiger partial charge is 0.193 e. The van der Waals surface area contributed by atoms with E-state index in [4.69, 9.17) is 5.73 Å². The van der Waals surface area contributed by atoms with E-state index in [1.807, 2.05) is 36.4 Å². The van der Waals surface area contributed by atoms with E-state index in [1.54, 1.807) is 6.07 Å². The fourth-order valence-electron chi connectivity index (χ4n) is 1.71. The van der Waals surface area contributed by atoms with Crippen molar-refractivity contribution in [3.63, 3.8) is 0 Å². The van der Waals surface area contributed by atoms with Gasteiger partial charge in [-0.3, -0.25) is 4.99 Å². The van der Waals surface area contributed by atoms with Crippen molar-refractivity contribution in [3.8, 4) is 0 Å². The Labute approximate surface area is 112 Å². The molecule has 0 amide bonds. The number of rotatable bonds is 4. The van der Waals surface area contributed by atoms with Crippen molar-refractivity contribution in [2.45, 2.75) is 6.42 Å². The second-order valence-electron chi connectivity index (χ2n) is 4.14. The van der Waals surface area contributed by atoms with Gasteiger partial charge in [-0.05, 0) is 36.2 Å². The number of aliphatic imine (C=N–C) groups is 1. The van der Waals surface area contributed by atoms with Gasteiger partial charge < -0.3 is 11.1 Å². The molecule has 2 aromatic rings. The molecule has 3 N–H and O–H groups in total. The molecule has 0 aliphatic heterocycles. The number of hydrogen-bond donors (Lipinski definition) is 2. The molecule has 0 heterocycles. The van der Waals surface area contributed by atoms with Crippen molar-refractivity contribution >= 4 is 11.6 Å². The zero-order valence-electron chi connectivity index (χ0n) is 10.5. The van der Waals surface area contributed by atoms with Crippen molar-refractivity contribution in [2.75, 3.05) is 11.9 Å². The van der Waals surface area contributed by atoms with Gasteiger partial charge in [-0.1, -0.05) is 30.3 Å². The molecule has 2 rings (SSSR count). The van der Waals surface area contributed by atoms with Crippen LogP contribution in [0, 0.1) is 5.82 Å². The zero-order valence-corrected chi connectivity index (χ0v) is 10.5. The Morgan fingerprint density at radius 3 is 2.63 bits per heavy atom. The number of halogens is 1. The summed E-state index contributed by atoms with van der Waals surface area (Å²) in [6.45, 7) is 0.523. The molecule has 2 aromatic carbocycles. The number of para-hydroxylation sites is 1. The third kappa shape index (κ3) is 4.43. The van der Waals surface area contributed by atoms with Gasteiger partial charge in [0.2, 0.25) is 0 Å². The van der Waals surface area contributed by atoms with Crippen LogP contribution >= 0.6 is 0 Å². The number of nitrogens with two attached hydrogens (primary N) is 1. The second-order valence-corrected chi connectivity index (χ2v) is 4.14. The first kappa shape index (κ1) is 13.1. The molecular weight excluding hydrogens is 241 g/mol. The highest BCUT2D eigenvalue weighted by molar-refractivity contribution is 5.92. The van der Waals surface area contributed by atoms with Crippen LogP contribution in [0.15, 0.2) is 59.6 Å². The maximum absolute atomic E-state index is 13.0. The van der Waals surface area contributed by atoms with E-state index in [9.17, 15) is 4.39 Å². The Balaban J connectivity index is 1.85. The van der Waals surface area contributed by atoms with Crippen molar-refractivity contribution in [3.05, 3.63) is 66.0 Å². The van der Waals surface area contributed by atoms with Crippen molar-refractivity contribution in [2.24, 2.45) is 10.7 Å². The van der Waals surface area contributed by atoms with Crippen LogP contribution in [0.3, 0.4) is 0 Å². The Bertz CT molecular complexity index is 552. The monoisotopic (exact) mass is 257 g/mol. The Kier molecular flexibility index (Phi) is 4.50. The summed E-state index contributed by atoms with van der Waals surface area (Å²) < 4.78 is 13.0. The summed E-state index contributed by atoms with van der Waals surface area (Å²) in [5, 5.41) is 2.99.